The molecular weight excluding hydrogens is 432 g/mol. The minimum atomic E-state index is -0.733. The van der Waals surface area contributed by atoms with Crippen LogP contribution in [0, 0.1) is 0 Å². The molecule has 2 aliphatic heterocycles. The van der Waals surface area contributed by atoms with E-state index in [0.717, 1.165) is 29.1 Å². The van der Waals surface area contributed by atoms with Gasteiger partial charge in [0, 0.05) is 6.42 Å². The molecule has 5 rings (SSSR count). The number of carbonyl (C=O) groups excluding carboxylic acids is 1. The fraction of sp³-hybridized carbons (Fsp3) is 0.192. The van der Waals surface area contributed by atoms with E-state index < -0.39 is 11.0 Å². The molecule has 0 N–H and O–H groups in total. The summed E-state index contributed by atoms with van der Waals surface area (Å²) < 4.78 is 5.30. The lowest BCUT2D eigenvalue weighted by atomic mass is 10.0. The first-order valence-electron chi connectivity index (χ1n) is 11.0. The zero-order chi connectivity index (χ0) is 22.7. The molecule has 33 heavy (non-hydrogen) atoms. The number of hydrogen-bond acceptors (Lipinski definition) is 7. The minimum absolute atomic E-state index is 0.301. The van der Waals surface area contributed by atoms with Gasteiger partial charge in [-0.25, -0.2) is 14.8 Å². The number of anilines is 2. The Morgan fingerprint density at radius 2 is 1.42 bits per heavy atom. The average Bonchev–Trinajstić information content (AvgIpc) is 3.26. The first kappa shape index (κ1) is 21.3. The molecule has 0 saturated heterocycles. The van der Waals surface area contributed by atoms with Crippen LogP contribution in [-0.2, 0) is 9.53 Å². The van der Waals surface area contributed by atoms with Crippen LogP contribution in [0.25, 0.3) is 0 Å². The SMILES string of the molecule is CCOC(=O)C1=NN(c2ccccc2)C2(CCC(c3ccccc3)=NN2c2ccccc2)S1. The zero-order valence-electron chi connectivity index (χ0n) is 18.3. The summed E-state index contributed by atoms with van der Waals surface area (Å²) in [7, 11) is 0. The third-order valence-electron chi connectivity index (χ3n) is 5.58. The molecule has 0 aromatic heterocycles. The number of thioether (sulfide) groups is 1. The first-order chi connectivity index (χ1) is 16.2. The van der Waals surface area contributed by atoms with Crippen molar-refractivity contribution in [2.45, 2.75) is 24.8 Å². The number of para-hydroxylation sites is 2. The molecule has 3 aromatic rings. The zero-order valence-corrected chi connectivity index (χ0v) is 19.1. The molecule has 0 amide bonds. The van der Waals surface area contributed by atoms with Crippen molar-refractivity contribution in [2.75, 3.05) is 16.6 Å². The highest BCUT2D eigenvalue weighted by Crippen LogP contribution is 2.50. The van der Waals surface area contributed by atoms with Crippen molar-refractivity contribution >= 4 is 39.9 Å². The normalized spacial score (nSPS) is 19.9. The molecule has 7 heteroatoms. The molecule has 2 aliphatic rings. The van der Waals surface area contributed by atoms with Gasteiger partial charge in [0.1, 0.15) is 0 Å². The van der Waals surface area contributed by atoms with Gasteiger partial charge in [0.15, 0.2) is 0 Å². The molecule has 0 aliphatic carbocycles. The van der Waals surface area contributed by atoms with E-state index >= 15 is 0 Å². The lowest BCUT2D eigenvalue weighted by molar-refractivity contribution is -0.134. The monoisotopic (exact) mass is 456 g/mol. The highest BCUT2D eigenvalue weighted by Gasteiger charge is 2.53. The summed E-state index contributed by atoms with van der Waals surface area (Å²) in [6.45, 7) is 2.10. The van der Waals surface area contributed by atoms with Gasteiger partial charge in [0.05, 0.1) is 23.7 Å². The van der Waals surface area contributed by atoms with Crippen molar-refractivity contribution < 1.29 is 9.53 Å². The average molecular weight is 457 g/mol. The van der Waals surface area contributed by atoms with Gasteiger partial charge in [0.25, 0.3) is 0 Å². The predicted octanol–water partition coefficient (Wildman–Crippen LogP) is 5.47. The van der Waals surface area contributed by atoms with E-state index in [9.17, 15) is 4.79 Å². The number of benzene rings is 3. The van der Waals surface area contributed by atoms with E-state index in [4.69, 9.17) is 14.9 Å². The molecule has 2 heterocycles. The van der Waals surface area contributed by atoms with Crippen molar-refractivity contribution in [3.8, 4) is 0 Å². The number of carbonyl (C=O) groups is 1. The second kappa shape index (κ2) is 9.11. The van der Waals surface area contributed by atoms with Crippen molar-refractivity contribution in [1.29, 1.82) is 0 Å². The smallest absolute Gasteiger partial charge is 0.365 e. The topological polar surface area (TPSA) is 57.5 Å². The van der Waals surface area contributed by atoms with Crippen LogP contribution in [0.2, 0.25) is 0 Å². The van der Waals surface area contributed by atoms with Crippen LogP contribution in [0.15, 0.2) is 101 Å². The Labute approximate surface area is 197 Å². The number of rotatable bonds is 5. The Morgan fingerprint density at radius 1 is 0.879 bits per heavy atom. The molecule has 0 radical (unpaired) electrons. The number of esters is 1. The highest BCUT2D eigenvalue weighted by molar-refractivity contribution is 8.17. The minimum Gasteiger partial charge on any atom is -0.461 e. The number of hydrazone groups is 2. The largest absolute Gasteiger partial charge is 0.461 e. The first-order valence-corrected chi connectivity index (χ1v) is 11.8. The van der Waals surface area contributed by atoms with E-state index in [-0.39, 0.29) is 0 Å². The number of ether oxygens (including phenoxy) is 1. The standard InChI is InChI=1S/C26H24N4O2S/c1-2-32-25(31)24-28-30(22-16-10-5-11-17-22)26(33-24)19-18-23(20-12-6-3-7-13-20)27-29(26)21-14-8-4-9-15-21/h3-17H,2,18-19H2,1H3. The fourth-order valence-electron chi connectivity index (χ4n) is 4.08. The van der Waals surface area contributed by atoms with Crippen LogP contribution in [-0.4, -0.2) is 28.3 Å². The van der Waals surface area contributed by atoms with Gasteiger partial charge in [-0.1, -0.05) is 66.7 Å². The van der Waals surface area contributed by atoms with Gasteiger partial charge in [-0.3, -0.25) is 0 Å². The van der Waals surface area contributed by atoms with Crippen LogP contribution in [0.1, 0.15) is 25.3 Å². The Bertz CT molecular complexity index is 1180. The van der Waals surface area contributed by atoms with Gasteiger partial charge in [0.2, 0.25) is 10.0 Å². The molecule has 1 spiro atoms. The summed E-state index contributed by atoms with van der Waals surface area (Å²) >= 11 is 1.41. The van der Waals surface area contributed by atoms with Gasteiger partial charge >= 0.3 is 5.97 Å². The Morgan fingerprint density at radius 3 is 2.00 bits per heavy atom. The maximum Gasteiger partial charge on any atom is 0.365 e. The summed E-state index contributed by atoms with van der Waals surface area (Å²) in [5.74, 6) is -0.411. The highest BCUT2D eigenvalue weighted by atomic mass is 32.2. The van der Waals surface area contributed by atoms with E-state index in [1.807, 2.05) is 88.9 Å². The molecule has 0 fully saturated rings. The van der Waals surface area contributed by atoms with Crippen LogP contribution in [0.3, 0.4) is 0 Å². The summed E-state index contributed by atoms with van der Waals surface area (Å²) in [5, 5.41) is 14.1. The lowest BCUT2D eigenvalue weighted by Gasteiger charge is -2.46. The quantitative estimate of drug-likeness (QED) is 0.476. The van der Waals surface area contributed by atoms with Crippen LogP contribution in [0.5, 0.6) is 0 Å². The van der Waals surface area contributed by atoms with Gasteiger partial charge in [-0.15, -0.1) is 0 Å². The number of nitrogens with zero attached hydrogens (tertiary/aromatic N) is 4. The predicted molar refractivity (Wildman–Crippen MR) is 134 cm³/mol. The molecule has 166 valence electrons. The molecule has 0 saturated carbocycles. The summed E-state index contributed by atoms with van der Waals surface area (Å²) in [6.07, 6.45) is 1.46. The van der Waals surface area contributed by atoms with Gasteiger partial charge in [-0.05, 0) is 54.9 Å². The third-order valence-corrected chi connectivity index (χ3v) is 6.90. The summed E-state index contributed by atoms with van der Waals surface area (Å²) in [5.41, 5.74) is 3.92. The maximum atomic E-state index is 12.7. The molecule has 3 aromatic carbocycles. The Balaban J connectivity index is 1.65. The van der Waals surface area contributed by atoms with E-state index in [1.54, 1.807) is 6.92 Å². The second-order valence-electron chi connectivity index (χ2n) is 7.68. The number of hydrogen-bond donors (Lipinski definition) is 0. The van der Waals surface area contributed by atoms with Gasteiger partial charge in [-0.2, -0.15) is 10.2 Å². The Hall–Kier alpha value is -3.58. The molecule has 0 bridgehead atoms. The van der Waals surface area contributed by atoms with E-state index in [2.05, 4.69) is 12.1 Å². The molecule has 6 nitrogen and oxygen atoms in total. The van der Waals surface area contributed by atoms with Crippen molar-refractivity contribution in [3.05, 3.63) is 96.6 Å². The second-order valence-corrected chi connectivity index (χ2v) is 8.92. The molecule has 1 unspecified atom stereocenters. The Kier molecular flexibility index (Phi) is 5.88. The van der Waals surface area contributed by atoms with Crippen molar-refractivity contribution in [1.82, 2.24) is 0 Å². The third kappa shape index (κ3) is 4.00. The molecular formula is C26H24N4O2S. The van der Waals surface area contributed by atoms with Gasteiger partial charge < -0.3 is 4.74 Å². The summed E-state index contributed by atoms with van der Waals surface area (Å²) in [4.78, 5) is 12.0. The van der Waals surface area contributed by atoms with Crippen molar-refractivity contribution in [2.24, 2.45) is 10.2 Å². The van der Waals surface area contributed by atoms with E-state index in [1.165, 1.54) is 11.8 Å². The lowest BCUT2D eigenvalue weighted by Crippen LogP contribution is -2.56. The maximum absolute atomic E-state index is 12.7. The van der Waals surface area contributed by atoms with Crippen molar-refractivity contribution in [3.63, 3.8) is 0 Å². The van der Waals surface area contributed by atoms with Crippen LogP contribution < -0.4 is 10.0 Å². The summed E-state index contributed by atoms with van der Waals surface area (Å²) in [6, 6.07) is 30.2. The van der Waals surface area contributed by atoms with E-state index in [0.29, 0.717) is 18.1 Å². The van der Waals surface area contributed by atoms with Crippen LogP contribution in [0.4, 0.5) is 11.4 Å². The molecule has 1 atom stereocenters. The van der Waals surface area contributed by atoms with Crippen LogP contribution >= 0.6 is 11.8 Å². The fourth-order valence-corrected chi connectivity index (χ4v) is 5.32.